The summed E-state index contributed by atoms with van der Waals surface area (Å²) in [7, 11) is -8.70. The first-order valence-corrected chi connectivity index (χ1v) is 10.9. The second-order valence-corrected chi connectivity index (χ2v) is 9.10. The van der Waals surface area contributed by atoms with Crippen molar-refractivity contribution in [3.05, 3.63) is 32.6 Å². The van der Waals surface area contributed by atoms with Crippen LogP contribution >= 0.6 is 15.4 Å². The van der Waals surface area contributed by atoms with Crippen molar-refractivity contribution < 1.29 is 37.6 Å². The monoisotopic (exact) mass is 414 g/mol. The molecule has 148 valence electrons. The summed E-state index contributed by atoms with van der Waals surface area (Å²) >= 11 is 0. The maximum absolute atomic E-state index is 12.1. The predicted octanol–water partition coefficient (Wildman–Crippen LogP) is -0.168. The Balaban J connectivity index is 2.31. The summed E-state index contributed by atoms with van der Waals surface area (Å²) in [5, 5.41) is 0. The molecule has 1 aliphatic rings. The molecule has 0 aromatic carbocycles. The van der Waals surface area contributed by atoms with E-state index < -0.39 is 51.7 Å². The van der Waals surface area contributed by atoms with E-state index in [1.54, 1.807) is 0 Å². The van der Waals surface area contributed by atoms with Crippen LogP contribution in [-0.2, 0) is 22.9 Å². The van der Waals surface area contributed by atoms with Crippen molar-refractivity contribution >= 4 is 15.4 Å². The minimum absolute atomic E-state index is 0.0557. The van der Waals surface area contributed by atoms with Gasteiger partial charge in [-0.2, -0.15) is 0 Å². The Kier molecular flexibility index (Phi) is 6.42. The van der Waals surface area contributed by atoms with Crippen LogP contribution in [0.4, 0.5) is 0 Å². The molecule has 0 radical (unpaired) electrons. The number of nitrogens with one attached hydrogen (secondary N) is 1. The van der Waals surface area contributed by atoms with Crippen LogP contribution in [0.1, 0.15) is 25.1 Å². The van der Waals surface area contributed by atoms with Crippen molar-refractivity contribution in [1.29, 1.82) is 0 Å². The fourth-order valence-electron chi connectivity index (χ4n) is 2.40. The smallest absolute Gasteiger partial charge is 0.349 e. The number of rotatable bonds is 7. The summed E-state index contributed by atoms with van der Waals surface area (Å²) in [5.41, 5.74) is -1.21. The molecule has 0 saturated carbocycles. The lowest BCUT2D eigenvalue weighted by Crippen LogP contribution is -2.36. The van der Waals surface area contributed by atoms with E-state index in [1.165, 1.54) is 20.0 Å². The average molecular weight is 414 g/mol. The molecule has 12 nitrogen and oxygen atoms in total. The van der Waals surface area contributed by atoms with Crippen LogP contribution in [0.5, 0.6) is 0 Å². The van der Waals surface area contributed by atoms with Crippen molar-refractivity contribution in [2.45, 2.75) is 38.7 Å². The Bertz CT molecular complexity index is 858. The zero-order valence-corrected chi connectivity index (χ0v) is 15.8. The van der Waals surface area contributed by atoms with E-state index in [9.17, 15) is 23.6 Å². The second-order valence-electron chi connectivity index (χ2n) is 5.75. The first kappa shape index (κ1) is 21.2. The number of hydrogen-bond donors (Lipinski definition) is 4. The number of ether oxygens (including phenoxy) is 1. The molecule has 1 aliphatic heterocycles. The summed E-state index contributed by atoms with van der Waals surface area (Å²) in [4.78, 5) is 53.0. The molecule has 1 saturated heterocycles. The van der Waals surface area contributed by atoms with Crippen LogP contribution in [0, 0.1) is 6.92 Å². The Morgan fingerprint density at radius 1 is 1.35 bits per heavy atom. The fourth-order valence-corrected chi connectivity index (χ4v) is 3.53. The second kappa shape index (κ2) is 7.87. The number of phosphoric ester groups is 1. The van der Waals surface area contributed by atoms with Gasteiger partial charge in [0.15, 0.2) is 6.23 Å². The maximum atomic E-state index is 12.1. The van der Waals surface area contributed by atoms with Crippen molar-refractivity contribution in [3.8, 4) is 0 Å². The van der Waals surface area contributed by atoms with E-state index in [4.69, 9.17) is 19.0 Å². The van der Waals surface area contributed by atoms with Crippen LogP contribution < -0.4 is 11.2 Å². The molecule has 0 aliphatic carbocycles. The van der Waals surface area contributed by atoms with E-state index in [0.717, 1.165) is 4.57 Å². The van der Waals surface area contributed by atoms with Gasteiger partial charge in [-0.1, -0.05) is 6.92 Å². The molecule has 4 N–H and O–H groups in total. The van der Waals surface area contributed by atoms with Gasteiger partial charge in [-0.15, -0.1) is 0 Å². The van der Waals surface area contributed by atoms with Gasteiger partial charge >= 0.3 is 21.1 Å². The van der Waals surface area contributed by atoms with E-state index >= 15 is 0 Å². The van der Waals surface area contributed by atoms with Gasteiger partial charge in [0, 0.05) is 24.3 Å². The van der Waals surface area contributed by atoms with Crippen LogP contribution in [0.25, 0.3) is 0 Å². The van der Waals surface area contributed by atoms with Crippen LogP contribution in [0.2, 0.25) is 0 Å². The minimum Gasteiger partial charge on any atom is -0.349 e. The summed E-state index contributed by atoms with van der Waals surface area (Å²) in [6.07, 6.45) is -2.19. The van der Waals surface area contributed by atoms with Crippen molar-refractivity contribution in [3.63, 3.8) is 0 Å². The first-order valence-electron chi connectivity index (χ1n) is 7.59. The molecule has 0 amide bonds. The normalized spacial score (nSPS) is 26.0. The van der Waals surface area contributed by atoms with Crippen LogP contribution in [-0.4, -0.2) is 49.2 Å². The molecule has 1 aromatic heterocycles. The summed E-state index contributed by atoms with van der Waals surface area (Å²) in [6, 6.07) is 0. The summed E-state index contributed by atoms with van der Waals surface area (Å²) < 4.78 is 38.9. The predicted molar refractivity (Wildman–Crippen MR) is 87.8 cm³/mol. The summed E-state index contributed by atoms with van der Waals surface area (Å²) in [5.74, 6) is 0. The van der Waals surface area contributed by atoms with Crippen molar-refractivity contribution in [1.82, 2.24) is 9.55 Å². The van der Waals surface area contributed by atoms with Crippen molar-refractivity contribution in [2.75, 3.05) is 12.8 Å². The topological polar surface area (TPSA) is 177 Å². The fraction of sp³-hybridized carbons (Fsp3) is 0.667. The van der Waals surface area contributed by atoms with Crippen LogP contribution in [0.15, 0.2) is 15.8 Å². The average Bonchev–Trinajstić information content (AvgIpc) is 2.90. The highest BCUT2D eigenvalue weighted by molar-refractivity contribution is 7.52. The highest BCUT2D eigenvalue weighted by Crippen LogP contribution is 2.48. The van der Waals surface area contributed by atoms with E-state index in [0.29, 0.717) is 0 Å². The molecule has 1 unspecified atom stereocenters. The molecule has 0 bridgehead atoms. The lowest BCUT2D eigenvalue weighted by Gasteiger charge is -2.23. The third-order valence-corrected chi connectivity index (χ3v) is 5.58. The van der Waals surface area contributed by atoms with E-state index in [-0.39, 0.29) is 18.1 Å². The quantitative estimate of drug-likeness (QED) is 0.438. The zero-order chi connectivity index (χ0) is 19.7. The maximum Gasteiger partial charge on any atom is 0.469 e. The van der Waals surface area contributed by atoms with E-state index in [2.05, 4.69) is 9.51 Å². The van der Waals surface area contributed by atoms with Gasteiger partial charge in [0.25, 0.3) is 5.56 Å². The number of phosphoric acid groups is 1. The molecule has 1 fully saturated rings. The Labute approximate surface area is 147 Å². The lowest BCUT2D eigenvalue weighted by atomic mass is 10.2. The highest BCUT2D eigenvalue weighted by atomic mass is 31.2. The van der Waals surface area contributed by atoms with Crippen molar-refractivity contribution in [2.24, 2.45) is 0 Å². The molecule has 1 aromatic rings. The molecule has 4 atom stereocenters. The third-order valence-electron chi connectivity index (χ3n) is 3.69. The van der Waals surface area contributed by atoms with E-state index in [1.807, 2.05) is 0 Å². The number of H-pyrrole nitrogens is 1. The third kappa shape index (κ3) is 5.45. The van der Waals surface area contributed by atoms with Gasteiger partial charge < -0.3 is 23.9 Å². The van der Waals surface area contributed by atoms with Gasteiger partial charge in [-0.05, 0) is 6.92 Å². The number of aromatic amines is 1. The molecular formula is C12H20N2O10P2. The molecule has 2 rings (SSSR count). The van der Waals surface area contributed by atoms with Crippen LogP contribution in [0.3, 0.4) is 0 Å². The largest absolute Gasteiger partial charge is 0.469 e. The number of aryl methyl sites for hydroxylation is 1. The van der Waals surface area contributed by atoms with Gasteiger partial charge in [-0.25, -0.2) is 9.36 Å². The highest BCUT2D eigenvalue weighted by Gasteiger charge is 2.42. The Morgan fingerprint density at radius 3 is 2.58 bits per heavy atom. The lowest BCUT2D eigenvalue weighted by molar-refractivity contribution is -0.0489. The minimum atomic E-state index is -4.74. The summed E-state index contributed by atoms with van der Waals surface area (Å²) in [6.45, 7) is 2.38. The molecule has 14 heteroatoms. The van der Waals surface area contributed by atoms with Gasteiger partial charge in [0.1, 0.15) is 6.10 Å². The standard InChI is InChI=1S/C12H20N2O10P2/c1-3-25(17,18)24-9-4-8(6-22-26(19,20)21)23-11(9)14-5-7(2)10(15)13-12(14)16/h5,8-9,11H,3-4,6H2,1-2H3,(H,17,18)(H,13,15,16)(H2,19,20,21)/t8-,9-,11+/m0/s1. The molecule has 0 spiro atoms. The molecular weight excluding hydrogens is 394 g/mol. The zero-order valence-electron chi connectivity index (χ0n) is 14.0. The molecule has 26 heavy (non-hydrogen) atoms. The van der Waals surface area contributed by atoms with Gasteiger partial charge in [-0.3, -0.25) is 23.4 Å². The van der Waals surface area contributed by atoms with Gasteiger partial charge in [0.05, 0.1) is 12.7 Å². The number of hydrogen-bond acceptors (Lipinski definition) is 7. The van der Waals surface area contributed by atoms with Gasteiger partial charge in [0.2, 0.25) is 0 Å². The number of aromatic nitrogens is 2. The SMILES string of the molecule is CCP(=O)(O)O[C@H]1C[C@@H](COP(=O)(O)O)O[C@H]1n1cc(C)c(=O)[nH]c1=O. The molecule has 2 heterocycles. The first-order chi connectivity index (χ1) is 11.9. The number of nitrogens with zero attached hydrogens (tertiary/aromatic N) is 1. The Morgan fingerprint density at radius 2 is 2.00 bits per heavy atom. The Hall–Kier alpha value is -1.10.